The zero-order valence-electron chi connectivity index (χ0n) is 10.8. The average molecular weight is 243 g/mol. The van der Waals surface area contributed by atoms with E-state index in [-0.39, 0.29) is 0 Å². The Morgan fingerprint density at radius 1 is 1.17 bits per heavy atom. The Labute approximate surface area is 109 Å². The van der Waals surface area contributed by atoms with Gasteiger partial charge in [-0.05, 0) is 18.4 Å². The molecule has 0 aliphatic carbocycles. The van der Waals surface area contributed by atoms with Crippen LogP contribution in [0.4, 0.5) is 0 Å². The van der Waals surface area contributed by atoms with Gasteiger partial charge in [-0.1, -0.05) is 43.0 Å². The standard InChI is InChI=1S/C8H8.C7H13N3/c1-2-8-6-4-3-5-7-8;1-3-8-7-9-4-2-6-10(7)5-1/h2-7H,1H2;1-6H2,(H,8,9). The highest BCUT2D eigenvalue weighted by Gasteiger charge is 2.17. The number of fused-ring (bicyclic) bond motifs is 1. The predicted molar refractivity (Wildman–Crippen MR) is 77.6 cm³/mol. The van der Waals surface area contributed by atoms with E-state index in [9.17, 15) is 0 Å². The molecule has 3 nitrogen and oxygen atoms in total. The predicted octanol–water partition coefficient (Wildman–Crippen LogP) is 2.37. The SMILES string of the molecule is C1CN=C2NCCCN2C1.C=Cc1ccccc1. The maximum Gasteiger partial charge on any atom is 0.193 e. The summed E-state index contributed by atoms with van der Waals surface area (Å²) in [6, 6.07) is 10.0. The van der Waals surface area contributed by atoms with Crippen LogP contribution in [-0.2, 0) is 0 Å². The molecule has 2 aliphatic rings. The second-order valence-electron chi connectivity index (χ2n) is 4.44. The van der Waals surface area contributed by atoms with E-state index in [0.29, 0.717) is 0 Å². The van der Waals surface area contributed by atoms with Crippen molar-refractivity contribution in [2.24, 2.45) is 4.99 Å². The summed E-state index contributed by atoms with van der Waals surface area (Å²) >= 11 is 0. The molecule has 96 valence electrons. The van der Waals surface area contributed by atoms with E-state index in [1.54, 1.807) is 0 Å². The number of benzene rings is 1. The van der Waals surface area contributed by atoms with Crippen LogP contribution in [0, 0.1) is 0 Å². The molecule has 1 aromatic rings. The quantitative estimate of drug-likeness (QED) is 0.820. The molecule has 0 amide bonds. The Kier molecular flexibility index (Phi) is 4.82. The number of guanidine groups is 1. The van der Waals surface area contributed by atoms with E-state index < -0.39 is 0 Å². The van der Waals surface area contributed by atoms with Gasteiger partial charge in [0.05, 0.1) is 0 Å². The van der Waals surface area contributed by atoms with Crippen molar-refractivity contribution >= 4 is 12.0 Å². The number of nitrogens with zero attached hydrogens (tertiary/aromatic N) is 2. The topological polar surface area (TPSA) is 27.6 Å². The maximum atomic E-state index is 4.38. The molecule has 0 unspecified atom stereocenters. The Bertz CT molecular complexity index is 397. The molecular formula is C15H21N3. The molecule has 1 saturated heterocycles. The largest absolute Gasteiger partial charge is 0.356 e. The molecular weight excluding hydrogens is 222 g/mol. The van der Waals surface area contributed by atoms with Crippen LogP contribution in [-0.4, -0.2) is 37.0 Å². The fourth-order valence-electron chi connectivity index (χ4n) is 2.10. The molecule has 3 heteroatoms. The Hall–Kier alpha value is -1.77. The van der Waals surface area contributed by atoms with Gasteiger partial charge < -0.3 is 10.2 Å². The molecule has 3 rings (SSSR count). The van der Waals surface area contributed by atoms with E-state index in [2.05, 4.69) is 21.8 Å². The highest BCUT2D eigenvalue weighted by molar-refractivity contribution is 5.81. The van der Waals surface area contributed by atoms with Gasteiger partial charge in [-0.25, -0.2) is 0 Å². The van der Waals surface area contributed by atoms with Gasteiger partial charge in [-0.15, -0.1) is 0 Å². The highest BCUT2D eigenvalue weighted by Crippen LogP contribution is 2.05. The molecule has 0 atom stereocenters. The molecule has 1 N–H and O–H groups in total. The van der Waals surface area contributed by atoms with E-state index in [1.807, 2.05) is 36.4 Å². The van der Waals surface area contributed by atoms with Crippen molar-refractivity contribution in [2.75, 3.05) is 26.2 Å². The van der Waals surface area contributed by atoms with Crippen molar-refractivity contribution in [1.82, 2.24) is 10.2 Å². The fraction of sp³-hybridized carbons (Fsp3) is 0.400. The summed E-state index contributed by atoms with van der Waals surface area (Å²) in [5, 5.41) is 3.30. The summed E-state index contributed by atoms with van der Waals surface area (Å²) in [5.41, 5.74) is 1.17. The molecule has 2 aliphatic heterocycles. The number of hydrogen-bond acceptors (Lipinski definition) is 3. The first-order valence-corrected chi connectivity index (χ1v) is 6.61. The second-order valence-corrected chi connectivity index (χ2v) is 4.44. The third-order valence-corrected chi connectivity index (χ3v) is 3.07. The third-order valence-electron chi connectivity index (χ3n) is 3.07. The van der Waals surface area contributed by atoms with E-state index >= 15 is 0 Å². The smallest absolute Gasteiger partial charge is 0.193 e. The molecule has 0 radical (unpaired) electrons. The number of aliphatic imine (C=N–C) groups is 1. The summed E-state index contributed by atoms with van der Waals surface area (Å²) in [7, 11) is 0. The van der Waals surface area contributed by atoms with E-state index in [0.717, 1.165) is 19.0 Å². The molecule has 0 bridgehead atoms. The van der Waals surface area contributed by atoms with Gasteiger partial charge >= 0.3 is 0 Å². The minimum absolute atomic E-state index is 1.01. The third kappa shape index (κ3) is 3.62. The lowest BCUT2D eigenvalue weighted by molar-refractivity contribution is 0.346. The number of rotatable bonds is 1. The van der Waals surface area contributed by atoms with Crippen LogP contribution in [0.5, 0.6) is 0 Å². The van der Waals surface area contributed by atoms with Gasteiger partial charge in [-0.3, -0.25) is 4.99 Å². The Morgan fingerprint density at radius 2 is 1.94 bits per heavy atom. The Balaban J connectivity index is 0.000000138. The maximum absolute atomic E-state index is 4.38. The first kappa shape index (κ1) is 12.7. The van der Waals surface area contributed by atoms with E-state index in [4.69, 9.17) is 0 Å². The summed E-state index contributed by atoms with van der Waals surface area (Å²) in [6.07, 6.45) is 4.32. The molecule has 0 spiro atoms. The van der Waals surface area contributed by atoms with Crippen molar-refractivity contribution in [3.8, 4) is 0 Å². The van der Waals surface area contributed by atoms with E-state index in [1.165, 1.54) is 31.5 Å². The normalized spacial score (nSPS) is 17.6. The first-order valence-electron chi connectivity index (χ1n) is 6.61. The van der Waals surface area contributed by atoms with Crippen LogP contribution in [0.15, 0.2) is 41.9 Å². The van der Waals surface area contributed by atoms with Gasteiger partial charge in [0.1, 0.15) is 0 Å². The minimum Gasteiger partial charge on any atom is -0.356 e. The molecule has 1 fully saturated rings. The zero-order chi connectivity index (χ0) is 12.6. The van der Waals surface area contributed by atoms with Crippen molar-refractivity contribution in [3.63, 3.8) is 0 Å². The second kappa shape index (κ2) is 6.84. The lowest BCUT2D eigenvalue weighted by Gasteiger charge is -2.33. The minimum atomic E-state index is 1.01. The van der Waals surface area contributed by atoms with Crippen molar-refractivity contribution in [1.29, 1.82) is 0 Å². The zero-order valence-corrected chi connectivity index (χ0v) is 10.8. The van der Waals surface area contributed by atoms with Gasteiger partial charge in [0.25, 0.3) is 0 Å². The van der Waals surface area contributed by atoms with Gasteiger partial charge in [0, 0.05) is 26.2 Å². The fourth-order valence-corrected chi connectivity index (χ4v) is 2.10. The number of nitrogens with one attached hydrogen (secondary N) is 1. The van der Waals surface area contributed by atoms with Crippen LogP contribution in [0.2, 0.25) is 0 Å². The summed E-state index contributed by atoms with van der Waals surface area (Å²) in [4.78, 5) is 6.72. The molecule has 18 heavy (non-hydrogen) atoms. The molecule has 0 saturated carbocycles. The molecule has 1 aromatic carbocycles. The lowest BCUT2D eigenvalue weighted by Crippen LogP contribution is -2.49. The Morgan fingerprint density at radius 3 is 2.61 bits per heavy atom. The van der Waals surface area contributed by atoms with Crippen LogP contribution in [0.3, 0.4) is 0 Å². The van der Waals surface area contributed by atoms with Gasteiger partial charge in [0.2, 0.25) is 0 Å². The van der Waals surface area contributed by atoms with Crippen LogP contribution >= 0.6 is 0 Å². The summed E-state index contributed by atoms with van der Waals surface area (Å²) in [5.74, 6) is 1.14. The average Bonchev–Trinajstić information content (AvgIpc) is 2.49. The van der Waals surface area contributed by atoms with Crippen LogP contribution < -0.4 is 5.32 Å². The number of hydrogen-bond donors (Lipinski definition) is 1. The first-order chi connectivity index (χ1) is 8.90. The van der Waals surface area contributed by atoms with Crippen LogP contribution in [0.1, 0.15) is 18.4 Å². The summed E-state index contributed by atoms with van der Waals surface area (Å²) < 4.78 is 0. The lowest BCUT2D eigenvalue weighted by atomic mass is 10.2. The van der Waals surface area contributed by atoms with Crippen LogP contribution in [0.25, 0.3) is 6.08 Å². The van der Waals surface area contributed by atoms with Gasteiger partial charge in [-0.2, -0.15) is 0 Å². The van der Waals surface area contributed by atoms with Crippen molar-refractivity contribution in [2.45, 2.75) is 12.8 Å². The van der Waals surface area contributed by atoms with Crippen molar-refractivity contribution in [3.05, 3.63) is 42.5 Å². The van der Waals surface area contributed by atoms with Crippen molar-refractivity contribution < 1.29 is 0 Å². The molecule has 0 aromatic heterocycles. The van der Waals surface area contributed by atoms with Gasteiger partial charge in [0.15, 0.2) is 5.96 Å². The highest BCUT2D eigenvalue weighted by atomic mass is 15.3. The monoisotopic (exact) mass is 243 g/mol. The summed E-state index contributed by atoms with van der Waals surface area (Å²) in [6.45, 7) is 8.15. The molecule has 2 heterocycles.